The first-order valence-corrected chi connectivity index (χ1v) is 5.99. The van der Waals surface area contributed by atoms with Crippen LogP contribution in [-0.2, 0) is 6.42 Å². The molecule has 1 N–H and O–H groups in total. The van der Waals surface area contributed by atoms with E-state index in [1.54, 1.807) is 0 Å². The Morgan fingerprint density at radius 1 is 1.11 bits per heavy atom. The van der Waals surface area contributed by atoms with Gasteiger partial charge in [-0.2, -0.15) is 0 Å². The van der Waals surface area contributed by atoms with Gasteiger partial charge in [0.25, 0.3) is 0 Å². The molecule has 0 bridgehead atoms. The van der Waals surface area contributed by atoms with Gasteiger partial charge in [-0.3, -0.25) is 4.79 Å². The van der Waals surface area contributed by atoms with Crippen molar-refractivity contribution in [3.05, 3.63) is 65.2 Å². The number of para-hydroxylation sites is 1. The van der Waals surface area contributed by atoms with Gasteiger partial charge in [0, 0.05) is 12.1 Å². The van der Waals surface area contributed by atoms with Crippen molar-refractivity contribution in [1.82, 2.24) is 0 Å². The van der Waals surface area contributed by atoms with Crippen molar-refractivity contribution < 1.29 is 13.6 Å². The van der Waals surface area contributed by atoms with E-state index >= 15 is 0 Å². The summed E-state index contributed by atoms with van der Waals surface area (Å²) in [6, 6.07) is 10.6. The topological polar surface area (TPSA) is 29.1 Å². The van der Waals surface area contributed by atoms with Crippen molar-refractivity contribution in [3.8, 4) is 0 Å². The summed E-state index contributed by atoms with van der Waals surface area (Å²) in [4.78, 5) is 12.2. The van der Waals surface area contributed by atoms with Gasteiger partial charge in [0.05, 0.1) is 11.6 Å². The molecule has 0 fully saturated rings. The molecule has 1 aliphatic rings. The van der Waals surface area contributed by atoms with Crippen LogP contribution in [0, 0.1) is 11.6 Å². The summed E-state index contributed by atoms with van der Waals surface area (Å²) in [6.07, 6.45) is 0.491. The second-order valence-corrected chi connectivity index (χ2v) is 4.52. The molecule has 0 saturated heterocycles. The summed E-state index contributed by atoms with van der Waals surface area (Å²) < 4.78 is 26.8. The number of halogens is 2. The second-order valence-electron chi connectivity index (χ2n) is 4.52. The predicted molar refractivity (Wildman–Crippen MR) is 68.2 cm³/mol. The van der Waals surface area contributed by atoms with Gasteiger partial charge in [-0.15, -0.1) is 0 Å². The second kappa shape index (κ2) is 4.46. The minimum absolute atomic E-state index is 0.203. The first-order valence-electron chi connectivity index (χ1n) is 5.99. The molecular weight excluding hydrogens is 248 g/mol. The Morgan fingerprint density at radius 2 is 1.89 bits per heavy atom. The van der Waals surface area contributed by atoms with Crippen LogP contribution < -0.4 is 5.32 Å². The van der Waals surface area contributed by atoms with Crippen LogP contribution in [0.3, 0.4) is 0 Å². The molecule has 0 amide bonds. The van der Waals surface area contributed by atoms with Crippen LogP contribution in [-0.4, -0.2) is 11.8 Å². The third-order valence-electron chi connectivity index (χ3n) is 3.30. The number of benzene rings is 2. The number of rotatable bonds is 2. The molecule has 0 spiro atoms. The zero-order valence-electron chi connectivity index (χ0n) is 9.99. The quantitative estimate of drug-likeness (QED) is 0.839. The van der Waals surface area contributed by atoms with Crippen LogP contribution in [0.25, 0.3) is 0 Å². The van der Waals surface area contributed by atoms with Crippen LogP contribution >= 0.6 is 0 Å². The van der Waals surface area contributed by atoms with Gasteiger partial charge in [0.1, 0.15) is 0 Å². The van der Waals surface area contributed by atoms with Crippen LogP contribution in [0.2, 0.25) is 0 Å². The van der Waals surface area contributed by atoms with Gasteiger partial charge in [-0.25, -0.2) is 8.78 Å². The molecular formula is C15H11F2NO. The number of anilines is 1. The molecule has 0 saturated carbocycles. The summed E-state index contributed by atoms with van der Waals surface area (Å²) in [6.45, 7) is 0. The number of fused-ring (bicyclic) bond motifs is 1. The molecule has 3 rings (SSSR count). The lowest BCUT2D eigenvalue weighted by molar-refractivity contribution is 0.0966. The zero-order chi connectivity index (χ0) is 13.4. The maximum absolute atomic E-state index is 13.6. The van der Waals surface area contributed by atoms with Crippen molar-refractivity contribution >= 4 is 11.5 Å². The van der Waals surface area contributed by atoms with Crippen molar-refractivity contribution in [2.24, 2.45) is 0 Å². The summed E-state index contributed by atoms with van der Waals surface area (Å²) >= 11 is 0. The van der Waals surface area contributed by atoms with Gasteiger partial charge >= 0.3 is 0 Å². The van der Waals surface area contributed by atoms with E-state index in [2.05, 4.69) is 5.32 Å². The standard InChI is InChI=1S/C15H11F2NO/c16-11-6-3-5-10(14(11)17)15(19)13-8-9-4-1-2-7-12(9)18-13/h1-7,13,18H,8H2. The number of carbonyl (C=O) groups excluding carboxylic acids is 1. The lowest BCUT2D eigenvalue weighted by Crippen LogP contribution is -2.28. The Kier molecular flexibility index (Phi) is 2.78. The number of nitrogens with one attached hydrogen (secondary N) is 1. The largest absolute Gasteiger partial charge is 0.374 e. The molecule has 0 aliphatic carbocycles. The van der Waals surface area contributed by atoms with Crippen molar-refractivity contribution in [2.45, 2.75) is 12.5 Å². The number of hydrogen-bond acceptors (Lipinski definition) is 2. The van der Waals surface area contributed by atoms with Gasteiger partial charge in [-0.05, 0) is 23.8 Å². The predicted octanol–water partition coefficient (Wildman–Crippen LogP) is 3.18. The molecule has 96 valence electrons. The van der Waals surface area contributed by atoms with E-state index in [9.17, 15) is 13.6 Å². The van der Waals surface area contributed by atoms with E-state index in [4.69, 9.17) is 0 Å². The van der Waals surface area contributed by atoms with Gasteiger partial charge < -0.3 is 5.32 Å². The fourth-order valence-corrected chi connectivity index (χ4v) is 2.34. The maximum Gasteiger partial charge on any atom is 0.188 e. The molecule has 4 heteroatoms. The maximum atomic E-state index is 13.6. The summed E-state index contributed by atoms with van der Waals surface area (Å²) in [7, 11) is 0. The van der Waals surface area contributed by atoms with Crippen molar-refractivity contribution in [2.75, 3.05) is 5.32 Å². The van der Waals surface area contributed by atoms with Gasteiger partial charge in [0.15, 0.2) is 17.4 Å². The average molecular weight is 259 g/mol. The Labute approximate surface area is 109 Å². The Balaban J connectivity index is 1.89. The molecule has 0 radical (unpaired) electrons. The van der Waals surface area contributed by atoms with E-state index in [1.165, 1.54) is 12.1 Å². The average Bonchev–Trinajstić information content (AvgIpc) is 2.85. The minimum atomic E-state index is -1.08. The normalized spacial score (nSPS) is 16.8. The molecule has 2 aromatic rings. The van der Waals surface area contributed by atoms with E-state index in [1.807, 2.05) is 24.3 Å². The number of ketones is 1. The highest BCUT2D eigenvalue weighted by atomic mass is 19.2. The highest BCUT2D eigenvalue weighted by molar-refractivity contribution is 6.03. The summed E-state index contributed by atoms with van der Waals surface area (Å²) in [5, 5.41) is 3.04. The Hall–Kier alpha value is -2.23. The molecule has 2 nitrogen and oxygen atoms in total. The van der Waals surface area contributed by atoms with Crippen LogP contribution in [0.5, 0.6) is 0 Å². The summed E-state index contributed by atoms with van der Waals surface area (Å²) in [5.41, 5.74) is 1.68. The monoisotopic (exact) mass is 259 g/mol. The van der Waals surface area contributed by atoms with E-state index in [-0.39, 0.29) is 5.56 Å². The molecule has 2 aromatic carbocycles. The lowest BCUT2D eigenvalue weighted by Gasteiger charge is -2.11. The lowest BCUT2D eigenvalue weighted by atomic mass is 10.0. The SMILES string of the molecule is O=C(c1cccc(F)c1F)C1Cc2ccccc2N1. The first-order chi connectivity index (χ1) is 9.16. The van der Waals surface area contributed by atoms with Gasteiger partial charge in [0.2, 0.25) is 0 Å². The Morgan fingerprint density at radius 3 is 2.68 bits per heavy atom. The van der Waals surface area contributed by atoms with E-state index in [0.717, 1.165) is 17.3 Å². The Bertz CT molecular complexity index is 629. The molecule has 1 unspecified atom stereocenters. The molecule has 1 aliphatic heterocycles. The zero-order valence-corrected chi connectivity index (χ0v) is 9.99. The summed E-state index contributed by atoms with van der Waals surface area (Å²) in [5.74, 6) is -2.50. The highest BCUT2D eigenvalue weighted by Gasteiger charge is 2.29. The molecule has 19 heavy (non-hydrogen) atoms. The number of hydrogen-bond donors (Lipinski definition) is 1. The molecule has 1 heterocycles. The van der Waals surface area contributed by atoms with E-state index in [0.29, 0.717) is 6.42 Å². The number of Topliss-reactive ketones (excluding diaryl/α,β-unsaturated/α-hetero) is 1. The molecule has 1 atom stereocenters. The van der Waals surface area contributed by atoms with Gasteiger partial charge in [-0.1, -0.05) is 24.3 Å². The van der Waals surface area contributed by atoms with Crippen molar-refractivity contribution in [3.63, 3.8) is 0 Å². The number of carbonyl (C=O) groups is 1. The van der Waals surface area contributed by atoms with Crippen LogP contribution in [0.15, 0.2) is 42.5 Å². The third kappa shape index (κ3) is 1.99. The van der Waals surface area contributed by atoms with E-state index < -0.39 is 23.5 Å². The fourth-order valence-electron chi connectivity index (χ4n) is 2.34. The smallest absolute Gasteiger partial charge is 0.188 e. The van der Waals surface area contributed by atoms with Crippen molar-refractivity contribution in [1.29, 1.82) is 0 Å². The van der Waals surface area contributed by atoms with Crippen LogP contribution in [0.1, 0.15) is 15.9 Å². The molecule has 0 aromatic heterocycles. The minimum Gasteiger partial charge on any atom is -0.374 e. The highest BCUT2D eigenvalue weighted by Crippen LogP contribution is 2.27. The first kappa shape index (κ1) is 11.8. The van der Waals surface area contributed by atoms with Crippen LogP contribution in [0.4, 0.5) is 14.5 Å². The fraction of sp³-hybridized carbons (Fsp3) is 0.133. The third-order valence-corrected chi connectivity index (χ3v) is 3.30.